The summed E-state index contributed by atoms with van der Waals surface area (Å²) in [6.45, 7) is 5.20. The van der Waals surface area contributed by atoms with Gasteiger partial charge in [0.05, 0.1) is 11.3 Å². The van der Waals surface area contributed by atoms with E-state index in [2.05, 4.69) is 15.3 Å². The highest BCUT2D eigenvalue weighted by Gasteiger charge is 2.26. The summed E-state index contributed by atoms with van der Waals surface area (Å²) >= 11 is 5.14. The lowest BCUT2D eigenvalue weighted by Crippen LogP contribution is -2.45. The van der Waals surface area contributed by atoms with Crippen LogP contribution < -0.4 is 16.0 Å². The van der Waals surface area contributed by atoms with Gasteiger partial charge in [0.25, 0.3) is 0 Å². The highest BCUT2D eigenvalue weighted by molar-refractivity contribution is 7.80. The van der Waals surface area contributed by atoms with Gasteiger partial charge in [-0.3, -0.25) is 9.48 Å². The van der Waals surface area contributed by atoms with Gasteiger partial charge in [0, 0.05) is 33.1 Å². The van der Waals surface area contributed by atoms with E-state index in [4.69, 9.17) is 18.0 Å². The van der Waals surface area contributed by atoms with Crippen molar-refractivity contribution in [1.29, 1.82) is 0 Å². The highest BCUT2D eigenvalue weighted by Crippen LogP contribution is 2.26. The molecule has 0 aliphatic carbocycles. The van der Waals surface area contributed by atoms with Crippen molar-refractivity contribution in [3.63, 3.8) is 0 Å². The number of carbonyl (C=O) groups excluding carboxylic acids is 1. The predicted octanol–water partition coefficient (Wildman–Crippen LogP) is 0.468. The van der Waals surface area contributed by atoms with Crippen molar-refractivity contribution >= 4 is 28.9 Å². The summed E-state index contributed by atoms with van der Waals surface area (Å²) in [7, 11) is 1.91. The molecule has 1 fully saturated rings. The van der Waals surface area contributed by atoms with Crippen LogP contribution in [0.15, 0.2) is 0 Å². The first-order valence-corrected chi connectivity index (χ1v) is 7.16. The summed E-state index contributed by atoms with van der Waals surface area (Å²) in [5.41, 5.74) is 7.54. The van der Waals surface area contributed by atoms with Gasteiger partial charge in [-0.25, -0.2) is 0 Å². The van der Waals surface area contributed by atoms with E-state index < -0.39 is 0 Å². The van der Waals surface area contributed by atoms with Gasteiger partial charge in [-0.2, -0.15) is 5.10 Å². The van der Waals surface area contributed by atoms with Gasteiger partial charge in [0.1, 0.15) is 10.8 Å². The monoisotopic (exact) mass is 295 g/mol. The second kappa shape index (κ2) is 5.78. The van der Waals surface area contributed by atoms with Crippen LogP contribution in [0, 0.1) is 6.92 Å². The number of carbonyl (C=O) groups is 1. The van der Waals surface area contributed by atoms with Crippen LogP contribution in [0.25, 0.3) is 0 Å². The third-order valence-corrected chi connectivity index (χ3v) is 3.84. The molecule has 0 saturated carbocycles. The first-order chi connectivity index (χ1) is 9.40. The zero-order chi connectivity index (χ0) is 14.9. The molecule has 0 radical (unpaired) electrons. The van der Waals surface area contributed by atoms with Gasteiger partial charge in [-0.05, 0) is 19.8 Å². The zero-order valence-electron chi connectivity index (χ0n) is 12.1. The van der Waals surface area contributed by atoms with Gasteiger partial charge in [-0.15, -0.1) is 0 Å². The van der Waals surface area contributed by atoms with Gasteiger partial charge >= 0.3 is 0 Å². The van der Waals surface area contributed by atoms with Crippen molar-refractivity contribution in [3.05, 3.63) is 11.3 Å². The van der Waals surface area contributed by atoms with Crippen molar-refractivity contribution in [2.45, 2.75) is 32.7 Å². The predicted molar refractivity (Wildman–Crippen MR) is 82.9 cm³/mol. The normalized spacial score (nSPS) is 16.2. The SMILES string of the molecule is CC(=O)NC1CCN(c2c(C(N)=S)c(C)nn2C)CC1. The minimum absolute atomic E-state index is 0.0312. The Hall–Kier alpha value is -1.63. The Morgan fingerprint density at radius 3 is 2.55 bits per heavy atom. The fraction of sp³-hybridized carbons (Fsp3) is 0.615. The van der Waals surface area contributed by atoms with Crippen LogP contribution in [0.4, 0.5) is 5.82 Å². The number of thiocarbonyl (C=S) groups is 1. The second-order valence-electron chi connectivity index (χ2n) is 5.23. The Kier molecular flexibility index (Phi) is 4.27. The molecule has 0 unspecified atom stereocenters. The van der Waals surface area contributed by atoms with Crippen LogP contribution in [0.3, 0.4) is 0 Å². The molecule has 0 aromatic carbocycles. The van der Waals surface area contributed by atoms with Crippen LogP contribution in [0.5, 0.6) is 0 Å². The molecule has 2 heterocycles. The number of nitrogens with one attached hydrogen (secondary N) is 1. The molecule has 20 heavy (non-hydrogen) atoms. The summed E-state index contributed by atoms with van der Waals surface area (Å²) in [5, 5.41) is 7.39. The number of hydrogen-bond acceptors (Lipinski definition) is 4. The summed E-state index contributed by atoms with van der Waals surface area (Å²) < 4.78 is 1.84. The molecule has 7 heteroatoms. The summed E-state index contributed by atoms with van der Waals surface area (Å²) in [5.74, 6) is 1.01. The summed E-state index contributed by atoms with van der Waals surface area (Å²) in [6.07, 6.45) is 1.83. The maximum atomic E-state index is 11.1. The lowest BCUT2D eigenvalue weighted by atomic mass is 10.0. The number of hydrogen-bond donors (Lipinski definition) is 2. The molecule has 0 bridgehead atoms. The average molecular weight is 295 g/mol. The molecular weight excluding hydrogens is 274 g/mol. The maximum Gasteiger partial charge on any atom is 0.217 e. The zero-order valence-corrected chi connectivity index (χ0v) is 13.0. The number of aryl methyl sites for hydroxylation is 2. The number of nitrogens with two attached hydrogens (primary N) is 1. The number of nitrogens with zero attached hydrogens (tertiary/aromatic N) is 3. The van der Waals surface area contributed by atoms with Crippen LogP contribution in [0.1, 0.15) is 31.0 Å². The topological polar surface area (TPSA) is 76.2 Å². The standard InChI is InChI=1S/C13H21N5OS/c1-8-11(12(14)20)13(17(3)16-8)18-6-4-10(5-7-18)15-9(2)19/h10H,4-7H2,1-3H3,(H2,14,20)(H,15,19). The Labute approximate surface area is 124 Å². The Bertz CT molecular complexity index is 531. The molecule has 3 N–H and O–H groups in total. The number of amides is 1. The Balaban J connectivity index is 2.15. The van der Waals surface area contributed by atoms with E-state index in [0.717, 1.165) is 43.0 Å². The van der Waals surface area contributed by atoms with Crippen molar-refractivity contribution < 1.29 is 4.79 Å². The first kappa shape index (κ1) is 14.8. The number of piperidine rings is 1. The first-order valence-electron chi connectivity index (χ1n) is 6.75. The molecule has 1 aliphatic rings. The van der Waals surface area contributed by atoms with Crippen LogP contribution in [-0.2, 0) is 11.8 Å². The minimum Gasteiger partial charge on any atom is -0.389 e. The summed E-state index contributed by atoms with van der Waals surface area (Å²) in [6, 6.07) is 0.256. The van der Waals surface area contributed by atoms with E-state index in [1.165, 1.54) is 0 Å². The number of rotatable bonds is 3. The molecule has 0 atom stereocenters. The number of anilines is 1. The average Bonchev–Trinajstić information content (AvgIpc) is 2.64. The molecule has 1 saturated heterocycles. The lowest BCUT2D eigenvalue weighted by molar-refractivity contribution is -0.119. The van der Waals surface area contributed by atoms with E-state index >= 15 is 0 Å². The molecular formula is C13H21N5OS. The molecule has 1 aliphatic heterocycles. The Morgan fingerprint density at radius 2 is 2.05 bits per heavy atom. The Morgan fingerprint density at radius 1 is 1.45 bits per heavy atom. The number of aromatic nitrogens is 2. The van der Waals surface area contributed by atoms with Gasteiger partial charge in [0.15, 0.2) is 0 Å². The molecule has 110 valence electrons. The van der Waals surface area contributed by atoms with Gasteiger partial charge in [0.2, 0.25) is 5.91 Å². The third kappa shape index (κ3) is 2.92. The molecule has 2 rings (SSSR count). The van der Waals surface area contributed by atoms with Crippen molar-refractivity contribution in [2.75, 3.05) is 18.0 Å². The van der Waals surface area contributed by atoms with Crippen molar-refractivity contribution in [1.82, 2.24) is 15.1 Å². The van der Waals surface area contributed by atoms with E-state index in [9.17, 15) is 4.79 Å². The van der Waals surface area contributed by atoms with Crippen molar-refractivity contribution in [2.24, 2.45) is 12.8 Å². The lowest BCUT2D eigenvalue weighted by Gasteiger charge is -2.34. The largest absolute Gasteiger partial charge is 0.389 e. The molecule has 0 spiro atoms. The molecule has 1 aromatic heterocycles. The molecule has 1 amide bonds. The third-order valence-electron chi connectivity index (χ3n) is 3.64. The van der Waals surface area contributed by atoms with E-state index in [1.54, 1.807) is 6.92 Å². The van der Waals surface area contributed by atoms with Crippen LogP contribution >= 0.6 is 12.2 Å². The van der Waals surface area contributed by atoms with Crippen LogP contribution in [-0.4, -0.2) is 39.8 Å². The van der Waals surface area contributed by atoms with Crippen molar-refractivity contribution in [3.8, 4) is 0 Å². The summed E-state index contributed by atoms with van der Waals surface area (Å²) in [4.78, 5) is 13.7. The van der Waals surface area contributed by atoms with Gasteiger partial charge in [-0.1, -0.05) is 12.2 Å². The van der Waals surface area contributed by atoms with Crippen LogP contribution in [0.2, 0.25) is 0 Å². The fourth-order valence-electron chi connectivity index (χ4n) is 2.82. The maximum absolute atomic E-state index is 11.1. The minimum atomic E-state index is 0.0312. The van der Waals surface area contributed by atoms with E-state index in [-0.39, 0.29) is 11.9 Å². The fourth-order valence-corrected chi connectivity index (χ4v) is 3.06. The quantitative estimate of drug-likeness (QED) is 0.793. The second-order valence-corrected chi connectivity index (χ2v) is 5.67. The van der Waals surface area contributed by atoms with Gasteiger partial charge < -0.3 is 16.0 Å². The smallest absolute Gasteiger partial charge is 0.217 e. The molecule has 6 nitrogen and oxygen atoms in total. The highest BCUT2D eigenvalue weighted by atomic mass is 32.1. The molecule has 1 aromatic rings. The van der Waals surface area contributed by atoms with E-state index in [1.807, 2.05) is 18.7 Å². The van der Waals surface area contributed by atoms with E-state index in [0.29, 0.717) is 4.99 Å².